The number of hydrogen-bond acceptors (Lipinski definition) is 3. The summed E-state index contributed by atoms with van der Waals surface area (Å²) in [5.74, 6) is -0.305. The molecule has 2 aromatic rings. The van der Waals surface area contributed by atoms with Crippen LogP contribution in [-0.4, -0.2) is 40.0 Å². The van der Waals surface area contributed by atoms with E-state index in [1.165, 1.54) is 28.3 Å². The summed E-state index contributed by atoms with van der Waals surface area (Å²) in [5.41, 5.74) is 3.55. The van der Waals surface area contributed by atoms with Crippen molar-refractivity contribution < 1.29 is 14.7 Å². The zero-order valence-electron chi connectivity index (χ0n) is 12.5. The number of hydrogen-bond donors (Lipinski definition) is 3. The molecule has 0 atom stereocenters. The molecule has 2 rings (SSSR count). The van der Waals surface area contributed by atoms with Gasteiger partial charge in [0.25, 0.3) is 0 Å². The quantitative estimate of drug-likeness (QED) is 0.652. The Kier molecular flexibility index (Phi) is 5.89. The summed E-state index contributed by atoms with van der Waals surface area (Å²) < 4.78 is 0. The molecule has 0 radical (unpaired) electrons. The van der Waals surface area contributed by atoms with Crippen LogP contribution in [0.5, 0.6) is 0 Å². The molecule has 0 unspecified atom stereocenters. The molecule has 6 heteroatoms. The monoisotopic (exact) mass is 320 g/mol. The number of aromatic amines is 1. The fourth-order valence-corrected chi connectivity index (χ4v) is 2.97. The number of carbonyl (C=O) groups is 2. The maximum absolute atomic E-state index is 11.7. The summed E-state index contributed by atoms with van der Waals surface area (Å²) in [7, 11) is 0. The second-order valence-corrected chi connectivity index (χ2v) is 6.21. The average Bonchev–Trinajstić information content (AvgIpc) is 2.88. The lowest BCUT2D eigenvalue weighted by Crippen LogP contribution is -2.26. The van der Waals surface area contributed by atoms with Gasteiger partial charge >= 0.3 is 5.97 Å². The first kappa shape index (κ1) is 16.4. The van der Waals surface area contributed by atoms with Crippen LogP contribution < -0.4 is 5.32 Å². The number of aliphatic carboxylic acids is 1. The summed E-state index contributed by atoms with van der Waals surface area (Å²) in [6.45, 7) is 2.66. The molecule has 0 aliphatic heterocycles. The molecular weight excluding hydrogens is 300 g/mol. The van der Waals surface area contributed by atoms with E-state index >= 15 is 0 Å². The molecule has 1 aromatic heterocycles. The number of para-hydroxylation sites is 1. The van der Waals surface area contributed by atoms with Gasteiger partial charge in [-0.05, 0) is 24.5 Å². The minimum Gasteiger partial charge on any atom is -0.481 e. The Morgan fingerprint density at radius 2 is 2.18 bits per heavy atom. The zero-order valence-corrected chi connectivity index (χ0v) is 13.3. The molecule has 3 N–H and O–H groups in total. The Hall–Kier alpha value is -1.95. The van der Waals surface area contributed by atoms with E-state index in [0.717, 1.165) is 11.9 Å². The second kappa shape index (κ2) is 7.89. The van der Waals surface area contributed by atoms with Crippen LogP contribution in [0.25, 0.3) is 10.9 Å². The van der Waals surface area contributed by atoms with E-state index in [2.05, 4.69) is 29.4 Å². The molecule has 1 heterocycles. The first-order valence-corrected chi connectivity index (χ1v) is 8.35. The number of carbonyl (C=O) groups excluding carboxylic acids is 1. The molecule has 0 bridgehead atoms. The van der Waals surface area contributed by atoms with Crippen molar-refractivity contribution in [2.24, 2.45) is 0 Å². The summed E-state index contributed by atoms with van der Waals surface area (Å²) in [4.78, 5) is 25.3. The number of nitrogens with one attached hydrogen (secondary N) is 2. The van der Waals surface area contributed by atoms with Gasteiger partial charge in [0.1, 0.15) is 0 Å². The number of carboxylic acids is 1. The molecule has 5 nitrogen and oxygen atoms in total. The average molecular weight is 320 g/mol. The van der Waals surface area contributed by atoms with Gasteiger partial charge in [0.2, 0.25) is 5.91 Å². The Bertz CT molecular complexity index is 666. The highest BCUT2D eigenvalue weighted by Gasteiger charge is 2.06. The normalized spacial score (nSPS) is 10.8. The Morgan fingerprint density at radius 3 is 2.95 bits per heavy atom. The minimum absolute atomic E-state index is 0.0334. The van der Waals surface area contributed by atoms with Gasteiger partial charge in [0, 0.05) is 35.8 Å². The number of carboxylic acid groups (broad SMARTS) is 1. The van der Waals surface area contributed by atoms with Crippen LogP contribution in [-0.2, 0) is 16.0 Å². The molecule has 0 saturated carbocycles. The van der Waals surface area contributed by atoms with Crippen molar-refractivity contribution in [1.29, 1.82) is 0 Å². The van der Waals surface area contributed by atoms with Gasteiger partial charge in [-0.25, -0.2) is 0 Å². The molecular formula is C16H20N2O3S. The topological polar surface area (TPSA) is 82.2 Å². The van der Waals surface area contributed by atoms with Crippen molar-refractivity contribution in [1.82, 2.24) is 10.3 Å². The van der Waals surface area contributed by atoms with E-state index < -0.39 is 5.97 Å². The predicted octanol–water partition coefficient (Wildman–Crippen LogP) is 2.34. The highest BCUT2D eigenvalue weighted by molar-refractivity contribution is 7.99. The fraction of sp³-hybridized carbons (Fsp3) is 0.375. The van der Waals surface area contributed by atoms with Crippen LogP contribution in [0.1, 0.15) is 17.5 Å². The zero-order chi connectivity index (χ0) is 15.9. The molecule has 0 aliphatic rings. The van der Waals surface area contributed by atoms with E-state index in [1.807, 2.05) is 12.3 Å². The summed E-state index contributed by atoms with van der Waals surface area (Å²) >= 11 is 1.26. The molecule has 22 heavy (non-hydrogen) atoms. The Labute approximate surface area is 133 Å². The number of H-pyrrole nitrogens is 1. The number of rotatable bonds is 8. The first-order chi connectivity index (χ1) is 10.6. The highest BCUT2D eigenvalue weighted by atomic mass is 32.2. The van der Waals surface area contributed by atoms with E-state index in [9.17, 15) is 9.59 Å². The molecule has 0 fully saturated rings. The van der Waals surface area contributed by atoms with Gasteiger partial charge in [-0.3, -0.25) is 9.59 Å². The van der Waals surface area contributed by atoms with Gasteiger partial charge in [-0.2, -0.15) is 0 Å². The number of thioether (sulfide) groups is 1. The Morgan fingerprint density at radius 1 is 1.36 bits per heavy atom. The van der Waals surface area contributed by atoms with Crippen LogP contribution in [0.2, 0.25) is 0 Å². The summed E-state index contributed by atoms with van der Waals surface area (Å²) in [6, 6.07) is 6.19. The van der Waals surface area contributed by atoms with Crippen LogP contribution in [0.15, 0.2) is 24.4 Å². The molecule has 1 aromatic carbocycles. The highest BCUT2D eigenvalue weighted by Crippen LogP contribution is 2.21. The van der Waals surface area contributed by atoms with E-state index in [0.29, 0.717) is 18.7 Å². The lowest BCUT2D eigenvalue weighted by Gasteiger charge is -2.04. The van der Waals surface area contributed by atoms with Crippen LogP contribution >= 0.6 is 11.8 Å². The van der Waals surface area contributed by atoms with Gasteiger partial charge in [-0.15, -0.1) is 11.8 Å². The van der Waals surface area contributed by atoms with Crippen molar-refractivity contribution in [2.75, 3.05) is 18.1 Å². The van der Waals surface area contributed by atoms with E-state index in [4.69, 9.17) is 5.11 Å². The number of amides is 1. The van der Waals surface area contributed by atoms with Crippen molar-refractivity contribution in [3.63, 3.8) is 0 Å². The first-order valence-electron chi connectivity index (χ1n) is 7.19. The number of benzene rings is 1. The third-order valence-electron chi connectivity index (χ3n) is 3.42. The minimum atomic E-state index is -0.847. The summed E-state index contributed by atoms with van der Waals surface area (Å²) in [6.07, 6.45) is 3.12. The van der Waals surface area contributed by atoms with Gasteiger partial charge in [0.05, 0.1) is 5.75 Å². The van der Waals surface area contributed by atoms with Gasteiger partial charge < -0.3 is 15.4 Å². The summed E-state index contributed by atoms with van der Waals surface area (Å²) in [5, 5.41) is 12.6. The molecule has 0 spiro atoms. The van der Waals surface area contributed by atoms with Crippen molar-refractivity contribution >= 4 is 34.5 Å². The van der Waals surface area contributed by atoms with Crippen molar-refractivity contribution in [3.05, 3.63) is 35.5 Å². The van der Waals surface area contributed by atoms with Crippen molar-refractivity contribution in [2.45, 2.75) is 19.8 Å². The van der Waals surface area contributed by atoms with Gasteiger partial charge in [-0.1, -0.05) is 18.2 Å². The standard InChI is InChI=1S/C16H20N2O3S/c1-11-3-2-4-13-12(9-18-16(11)13)5-7-17-14(19)6-8-22-10-15(20)21/h2-4,9,18H,5-8,10H2,1H3,(H,17,19)(H,20,21). The third-order valence-corrected chi connectivity index (χ3v) is 4.37. The van der Waals surface area contributed by atoms with Crippen LogP contribution in [0.4, 0.5) is 0 Å². The number of fused-ring (bicyclic) bond motifs is 1. The van der Waals surface area contributed by atoms with Gasteiger partial charge in [0.15, 0.2) is 0 Å². The number of aryl methyl sites for hydroxylation is 1. The fourth-order valence-electron chi connectivity index (χ4n) is 2.32. The molecule has 118 valence electrons. The Balaban J connectivity index is 1.75. The lowest BCUT2D eigenvalue weighted by atomic mass is 10.1. The van der Waals surface area contributed by atoms with Crippen LogP contribution in [0.3, 0.4) is 0 Å². The SMILES string of the molecule is Cc1cccc2c(CCNC(=O)CCSCC(=O)O)c[nH]c12. The van der Waals surface area contributed by atoms with Crippen LogP contribution in [0, 0.1) is 6.92 Å². The molecule has 0 aliphatic carbocycles. The predicted molar refractivity (Wildman–Crippen MR) is 89.3 cm³/mol. The third kappa shape index (κ3) is 4.53. The molecule has 1 amide bonds. The molecule has 0 saturated heterocycles. The van der Waals surface area contributed by atoms with E-state index in [-0.39, 0.29) is 11.7 Å². The number of aromatic nitrogens is 1. The maximum Gasteiger partial charge on any atom is 0.313 e. The van der Waals surface area contributed by atoms with Crippen molar-refractivity contribution in [3.8, 4) is 0 Å². The second-order valence-electron chi connectivity index (χ2n) is 5.11. The lowest BCUT2D eigenvalue weighted by molar-refractivity contribution is -0.134. The largest absolute Gasteiger partial charge is 0.481 e. The smallest absolute Gasteiger partial charge is 0.313 e. The maximum atomic E-state index is 11.7. The van der Waals surface area contributed by atoms with E-state index in [1.54, 1.807) is 0 Å².